The summed E-state index contributed by atoms with van der Waals surface area (Å²) in [6, 6.07) is 4.16. The lowest BCUT2D eigenvalue weighted by Gasteiger charge is -2.34. The molecule has 0 saturated carbocycles. The molecule has 0 unspecified atom stereocenters. The Morgan fingerprint density at radius 3 is 2.44 bits per heavy atom. The van der Waals surface area contributed by atoms with E-state index in [1.807, 2.05) is 19.9 Å². The zero-order valence-corrected chi connectivity index (χ0v) is 11.3. The monoisotopic (exact) mass is 221 g/mol. The minimum absolute atomic E-state index is 0.102. The summed E-state index contributed by atoms with van der Waals surface area (Å²) in [7, 11) is 0. The van der Waals surface area contributed by atoms with Crippen LogP contribution in [0, 0.1) is 13.8 Å². The van der Waals surface area contributed by atoms with Crippen LogP contribution in [0.4, 0.5) is 5.69 Å². The molecule has 1 aromatic carbocycles. The number of hydrogen-bond donors (Lipinski definition) is 1. The molecule has 2 rings (SSSR count). The summed E-state index contributed by atoms with van der Waals surface area (Å²) in [6.07, 6.45) is 0. The molecule has 0 aliphatic carbocycles. The van der Waals surface area contributed by atoms with E-state index in [2.05, 4.69) is 39.1 Å². The van der Waals surface area contributed by atoms with Crippen molar-refractivity contribution < 1.29 is 4.74 Å². The molecule has 2 nitrogen and oxygen atoms in total. The van der Waals surface area contributed by atoms with Crippen LogP contribution in [0.3, 0.4) is 0 Å². The first-order chi connectivity index (χ1) is 7.49. The molecule has 1 heterocycles. The van der Waals surface area contributed by atoms with Crippen molar-refractivity contribution in [2.24, 2.45) is 0 Å². The number of rotatable bonds is 0. The van der Waals surface area contributed by atoms with Gasteiger partial charge < -0.3 is 10.1 Å². The Morgan fingerprint density at radius 2 is 1.81 bits per heavy atom. The molecular weight excluding hydrogens is 198 g/mol. The molecule has 1 aliphatic heterocycles. The molecule has 0 radical (unpaired) electrons. The number of ether oxygens (including phenoxy) is 1. The van der Waals surface area contributed by atoms with Gasteiger partial charge in [0.2, 0.25) is 0 Å². The van der Waals surface area contributed by atoms with E-state index in [1.54, 1.807) is 0 Å². The highest BCUT2D eigenvalue weighted by Gasteiger charge is 2.27. The summed E-state index contributed by atoms with van der Waals surface area (Å²) < 4.78 is 5.89. The van der Waals surface area contributed by atoms with Crippen LogP contribution in [0.2, 0.25) is 0 Å². The normalized spacial score (nSPS) is 16.1. The van der Waals surface area contributed by atoms with Gasteiger partial charge >= 0.3 is 0 Å². The van der Waals surface area contributed by atoms with Crippen LogP contribution in [0.25, 0.3) is 0 Å². The van der Waals surface area contributed by atoms with Crippen molar-refractivity contribution in [2.75, 3.05) is 11.9 Å². The Labute approximate surface area is 99.0 Å². The molecule has 0 atom stereocenters. The van der Waals surface area contributed by atoms with Gasteiger partial charge in [0.25, 0.3) is 0 Å². The second-order valence-electron chi connectivity index (χ2n) is 4.60. The topological polar surface area (TPSA) is 21.3 Å². The van der Waals surface area contributed by atoms with Gasteiger partial charge in [-0.3, -0.25) is 0 Å². The Morgan fingerprint density at radius 1 is 1.19 bits per heavy atom. The summed E-state index contributed by atoms with van der Waals surface area (Å²) in [4.78, 5) is 0. The van der Waals surface area contributed by atoms with Gasteiger partial charge in [-0.1, -0.05) is 19.9 Å². The fourth-order valence-electron chi connectivity index (χ4n) is 1.73. The number of aryl methyl sites for hydroxylation is 1. The fourth-order valence-corrected chi connectivity index (χ4v) is 1.73. The SMILES string of the molecule is CC.Cc1ccc2c(c1C)NCC(C)(C)O2. The van der Waals surface area contributed by atoms with E-state index in [0.717, 1.165) is 18.0 Å². The van der Waals surface area contributed by atoms with Crippen LogP contribution < -0.4 is 10.1 Å². The Balaban J connectivity index is 0.000000606. The van der Waals surface area contributed by atoms with Crippen molar-refractivity contribution in [1.29, 1.82) is 0 Å². The smallest absolute Gasteiger partial charge is 0.143 e. The quantitative estimate of drug-likeness (QED) is 0.717. The van der Waals surface area contributed by atoms with E-state index in [9.17, 15) is 0 Å². The van der Waals surface area contributed by atoms with E-state index in [1.165, 1.54) is 11.1 Å². The van der Waals surface area contributed by atoms with Gasteiger partial charge in [0.1, 0.15) is 11.4 Å². The van der Waals surface area contributed by atoms with Crippen LogP contribution >= 0.6 is 0 Å². The van der Waals surface area contributed by atoms with E-state index in [0.29, 0.717) is 0 Å². The average molecular weight is 221 g/mol. The molecule has 0 amide bonds. The largest absolute Gasteiger partial charge is 0.484 e. The molecule has 90 valence electrons. The second-order valence-corrected chi connectivity index (χ2v) is 4.60. The van der Waals surface area contributed by atoms with Gasteiger partial charge in [0.15, 0.2) is 0 Å². The van der Waals surface area contributed by atoms with Crippen molar-refractivity contribution in [3.05, 3.63) is 23.3 Å². The zero-order chi connectivity index (χ0) is 12.3. The highest BCUT2D eigenvalue weighted by molar-refractivity contribution is 5.65. The number of anilines is 1. The lowest BCUT2D eigenvalue weighted by molar-refractivity contribution is 0.116. The molecule has 0 saturated heterocycles. The zero-order valence-electron chi connectivity index (χ0n) is 11.3. The highest BCUT2D eigenvalue weighted by Crippen LogP contribution is 2.36. The predicted molar refractivity (Wildman–Crippen MR) is 70.5 cm³/mol. The summed E-state index contributed by atoms with van der Waals surface area (Å²) in [5.41, 5.74) is 3.65. The summed E-state index contributed by atoms with van der Waals surface area (Å²) in [6.45, 7) is 13.3. The van der Waals surface area contributed by atoms with Crippen molar-refractivity contribution in [1.82, 2.24) is 0 Å². The standard InChI is InChI=1S/C12H17NO.C2H6/c1-8-5-6-10-11(9(8)2)13-7-12(3,4)14-10;1-2/h5-6,13H,7H2,1-4H3;1-2H3. The molecule has 0 bridgehead atoms. The molecule has 2 heteroatoms. The second kappa shape index (κ2) is 4.77. The van der Waals surface area contributed by atoms with Crippen molar-refractivity contribution in [3.8, 4) is 5.75 Å². The van der Waals surface area contributed by atoms with E-state index in [4.69, 9.17) is 4.74 Å². The third kappa shape index (κ3) is 2.49. The van der Waals surface area contributed by atoms with Gasteiger partial charge in [0.05, 0.1) is 12.2 Å². The summed E-state index contributed by atoms with van der Waals surface area (Å²) in [5.74, 6) is 0.976. The lowest BCUT2D eigenvalue weighted by atomic mass is 10.0. The average Bonchev–Trinajstić information content (AvgIpc) is 2.25. The van der Waals surface area contributed by atoms with Crippen LogP contribution in [0.15, 0.2) is 12.1 Å². The minimum atomic E-state index is -0.102. The molecule has 0 aromatic heterocycles. The molecule has 0 spiro atoms. The first kappa shape index (κ1) is 12.9. The Bertz CT molecular complexity index is 369. The number of fused-ring (bicyclic) bond motifs is 1. The highest BCUT2D eigenvalue weighted by atomic mass is 16.5. The Hall–Kier alpha value is -1.18. The lowest BCUT2D eigenvalue weighted by Crippen LogP contribution is -2.40. The van der Waals surface area contributed by atoms with Gasteiger partial charge in [0, 0.05) is 0 Å². The van der Waals surface area contributed by atoms with Gasteiger partial charge in [-0.05, 0) is 44.9 Å². The van der Waals surface area contributed by atoms with Crippen LogP contribution in [-0.2, 0) is 0 Å². The van der Waals surface area contributed by atoms with Crippen LogP contribution in [0.5, 0.6) is 5.75 Å². The third-order valence-electron chi connectivity index (χ3n) is 2.77. The summed E-state index contributed by atoms with van der Waals surface area (Å²) in [5, 5.41) is 3.44. The summed E-state index contributed by atoms with van der Waals surface area (Å²) >= 11 is 0. The maximum absolute atomic E-state index is 5.89. The van der Waals surface area contributed by atoms with Crippen molar-refractivity contribution in [3.63, 3.8) is 0 Å². The molecular formula is C14H23NO. The molecule has 1 aliphatic rings. The van der Waals surface area contributed by atoms with Crippen molar-refractivity contribution >= 4 is 5.69 Å². The van der Waals surface area contributed by atoms with E-state index >= 15 is 0 Å². The third-order valence-corrected chi connectivity index (χ3v) is 2.77. The minimum Gasteiger partial charge on any atom is -0.484 e. The molecule has 16 heavy (non-hydrogen) atoms. The van der Waals surface area contributed by atoms with Gasteiger partial charge in [-0.25, -0.2) is 0 Å². The fraction of sp³-hybridized carbons (Fsp3) is 0.571. The first-order valence-electron chi connectivity index (χ1n) is 6.03. The van der Waals surface area contributed by atoms with Crippen LogP contribution in [0.1, 0.15) is 38.8 Å². The first-order valence-corrected chi connectivity index (χ1v) is 6.03. The maximum atomic E-state index is 5.89. The molecule has 1 N–H and O–H groups in total. The number of nitrogens with one attached hydrogen (secondary N) is 1. The van der Waals surface area contributed by atoms with Crippen molar-refractivity contribution in [2.45, 2.75) is 47.1 Å². The van der Waals surface area contributed by atoms with Crippen LogP contribution in [-0.4, -0.2) is 12.1 Å². The van der Waals surface area contributed by atoms with E-state index in [-0.39, 0.29) is 5.60 Å². The maximum Gasteiger partial charge on any atom is 0.143 e. The molecule has 1 aromatic rings. The van der Waals surface area contributed by atoms with Gasteiger partial charge in [-0.2, -0.15) is 0 Å². The molecule has 0 fully saturated rings. The Kier molecular flexibility index (Phi) is 3.84. The van der Waals surface area contributed by atoms with Gasteiger partial charge in [-0.15, -0.1) is 0 Å². The number of benzene rings is 1. The predicted octanol–water partition coefficient (Wildman–Crippen LogP) is 3.91. The number of hydrogen-bond acceptors (Lipinski definition) is 2. The van der Waals surface area contributed by atoms with E-state index < -0.39 is 0 Å².